The van der Waals surface area contributed by atoms with Crippen LogP contribution in [0.25, 0.3) is 0 Å². The van der Waals surface area contributed by atoms with Crippen molar-refractivity contribution >= 4 is 0 Å². The van der Waals surface area contributed by atoms with E-state index < -0.39 is 0 Å². The fourth-order valence-electron chi connectivity index (χ4n) is 4.97. The summed E-state index contributed by atoms with van der Waals surface area (Å²) in [6.07, 6.45) is 11.5. The van der Waals surface area contributed by atoms with Crippen LogP contribution in [-0.4, -0.2) is 29.6 Å². The molecular weight excluding hydrogens is 208 g/mol. The highest BCUT2D eigenvalue weighted by atomic mass is 15.3. The average Bonchev–Trinajstić information content (AvgIpc) is 2.93. The molecule has 0 aromatic heterocycles. The van der Waals surface area contributed by atoms with Crippen LogP contribution in [0.4, 0.5) is 0 Å². The number of hydrogen-bond acceptors (Lipinski definition) is 2. The molecule has 17 heavy (non-hydrogen) atoms. The average molecular weight is 236 g/mol. The van der Waals surface area contributed by atoms with Crippen molar-refractivity contribution < 1.29 is 0 Å². The van der Waals surface area contributed by atoms with Crippen LogP contribution >= 0.6 is 0 Å². The second-order valence-electron chi connectivity index (χ2n) is 6.89. The molecule has 1 unspecified atom stereocenters. The van der Waals surface area contributed by atoms with Gasteiger partial charge in [0.05, 0.1) is 0 Å². The second-order valence-corrected chi connectivity index (χ2v) is 6.89. The van der Waals surface area contributed by atoms with Crippen molar-refractivity contribution in [2.75, 3.05) is 13.1 Å². The van der Waals surface area contributed by atoms with Gasteiger partial charge >= 0.3 is 0 Å². The van der Waals surface area contributed by atoms with Crippen LogP contribution < -0.4 is 5.73 Å². The molecule has 2 heteroatoms. The van der Waals surface area contributed by atoms with E-state index in [4.69, 9.17) is 5.73 Å². The Balaban J connectivity index is 1.72. The van der Waals surface area contributed by atoms with E-state index in [1.807, 2.05) is 0 Å². The Hall–Kier alpha value is -0.0800. The first-order valence-electron chi connectivity index (χ1n) is 7.72. The monoisotopic (exact) mass is 236 g/mol. The van der Waals surface area contributed by atoms with Gasteiger partial charge in [-0.05, 0) is 56.9 Å². The summed E-state index contributed by atoms with van der Waals surface area (Å²) >= 11 is 0. The third-order valence-corrected chi connectivity index (χ3v) is 5.69. The summed E-state index contributed by atoms with van der Waals surface area (Å²) in [5.74, 6) is 1.90. The smallest absolute Gasteiger partial charge is 0.0339 e. The van der Waals surface area contributed by atoms with E-state index in [-0.39, 0.29) is 0 Å². The van der Waals surface area contributed by atoms with Gasteiger partial charge in [-0.25, -0.2) is 0 Å². The maximum Gasteiger partial charge on any atom is 0.0339 e. The molecule has 0 spiro atoms. The van der Waals surface area contributed by atoms with Crippen LogP contribution in [0, 0.1) is 11.8 Å². The summed E-state index contributed by atoms with van der Waals surface area (Å²) in [4.78, 5) is 2.85. The maximum absolute atomic E-state index is 6.13. The fourth-order valence-corrected chi connectivity index (χ4v) is 4.97. The lowest BCUT2D eigenvalue weighted by Gasteiger charge is -2.55. The molecule has 1 atom stereocenters. The lowest BCUT2D eigenvalue weighted by atomic mass is 9.67. The number of hydrogen-bond donors (Lipinski definition) is 1. The van der Waals surface area contributed by atoms with Crippen LogP contribution in [0.2, 0.25) is 0 Å². The molecule has 3 rings (SSSR count). The van der Waals surface area contributed by atoms with Crippen molar-refractivity contribution in [3.8, 4) is 0 Å². The highest BCUT2D eigenvalue weighted by Gasteiger charge is 2.50. The van der Waals surface area contributed by atoms with Gasteiger partial charge in [-0.1, -0.05) is 19.8 Å². The van der Waals surface area contributed by atoms with Crippen LogP contribution in [0.15, 0.2) is 0 Å². The van der Waals surface area contributed by atoms with E-state index >= 15 is 0 Å². The minimum absolute atomic E-state index is 0.406. The molecule has 3 aliphatic rings. The largest absolute Gasteiger partial charge is 0.329 e. The van der Waals surface area contributed by atoms with Crippen molar-refractivity contribution in [1.82, 2.24) is 4.90 Å². The van der Waals surface area contributed by atoms with E-state index in [9.17, 15) is 0 Å². The first-order chi connectivity index (χ1) is 8.25. The predicted octanol–water partition coefficient (Wildman–Crippen LogP) is 2.77. The van der Waals surface area contributed by atoms with E-state index in [0.29, 0.717) is 5.54 Å². The number of likely N-dealkylation sites (tertiary alicyclic amines) is 1. The standard InChI is InChI=1S/C15H28N2/c1-12-9-15(10-12,11-16)17-8-4-7-14(17)13-5-2-3-6-13/h12-14H,2-11,16H2,1H3. The first-order valence-corrected chi connectivity index (χ1v) is 7.72. The quantitative estimate of drug-likeness (QED) is 0.816. The Kier molecular flexibility index (Phi) is 3.20. The molecule has 2 aliphatic carbocycles. The summed E-state index contributed by atoms with van der Waals surface area (Å²) in [6.45, 7) is 4.60. The van der Waals surface area contributed by atoms with Crippen molar-refractivity contribution in [3.63, 3.8) is 0 Å². The molecule has 1 saturated heterocycles. The van der Waals surface area contributed by atoms with Crippen LogP contribution in [-0.2, 0) is 0 Å². The summed E-state index contributed by atoms with van der Waals surface area (Å²) < 4.78 is 0. The van der Waals surface area contributed by atoms with Gasteiger partial charge in [-0.2, -0.15) is 0 Å². The molecule has 98 valence electrons. The van der Waals surface area contributed by atoms with Gasteiger partial charge in [0.1, 0.15) is 0 Å². The van der Waals surface area contributed by atoms with Crippen LogP contribution in [0.3, 0.4) is 0 Å². The zero-order valence-corrected chi connectivity index (χ0v) is 11.3. The zero-order chi connectivity index (χ0) is 11.9. The fraction of sp³-hybridized carbons (Fsp3) is 1.00. The molecule has 0 radical (unpaired) electrons. The highest BCUT2D eigenvalue weighted by molar-refractivity contribution is 5.06. The molecule has 0 aromatic rings. The van der Waals surface area contributed by atoms with Crippen molar-refractivity contribution in [1.29, 1.82) is 0 Å². The van der Waals surface area contributed by atoms with Crippen LogP contribution in [0.1, 0.15) is 58.3 Å². The molecular formula is C15H28N2. The summed E-state index contributed by atoms with van der Waals surface area (Å²) in [5.41, 5.74) is 6.54. The van der Waals surface area contributed by atoms with Gasteiger partial charge in [0, 0.05) is 18.1 Å². The predicted molar refractivity (Wildman–Crippen MR) is 71.9 cm³/mol. The normalized spacial score (nSPS) is 44.1. The number of nitrogens with zero attached hydrogens (tertiary/aromatic N) is 1. The first kappa shape index (κ1) is 12.0. The Bertz CT molecular complexity index is 264. The van der Waals surface area contributed by atoms with Crippen molar-refractivity contribution in [3.05, 3.63) is 0 Å². The molecule has 0 bridgehead atoms. The van der Waals surface area contributed by atoms with Crippen LogP contribution in [0.5, 0.6) is 0 Å². The van der Waals surface area contributed by atoms with Gasteiger partial charge in [-0.3, -0.25) is 4.90 Å². The molecule has 2 saturated carbocycles. The molecule has 0 aromatic carbocycles. The van der Waals surface area contributed by atoms with Crippen molar-refractivity contribution in [2.24, 2.45) is 17.6 Å². The number of rotatable bonds is 3. The topological polar surface area (TPSA) is 29.3 Å². The SMILES string of the molecule is CC1CC(CN)(N2CCCC2C2CCCC2)C1. The van der Waals surface area contributed by atoms with Crippen molar-refractivity contribution in [2.45, 2.75) is 69.9 Å². The third kappa shape index (κ3) is 1.94. The molecule has 2 N–H and O–H groups in total. The van der Waals surface area contributed by atoms with E-state index in [2.05, 4.69) is 11.8 Å². The summed E-state index contributed by atoms with van der Waals surface area (Å²) in [7, 11) is 0. The minimum Gasteiger partial charge on any atom is -0.329 e. The molecule has 3 fully saturated rings. The molecule has 0 amide bonds. The molecule has 1 aliphatic heterocycles. The van der Waals surface area contributed by atoms with Gasteiger partial charge < -0.3 is 5.73 Å². The van der Waals surface area contributed by atoms with E-state index in [1.165, 1.54) is 57.9 Å². The number of nitrogens with two attached hydrogens (primary N) is 1. The van der Waals surface area contributed by atoms with E-state index in [0.717, 1.165) is 24.4 Å². The highest BCUT2D eigenvalue weighted by Crippen LogP contribution is 2.47. The minimum atomic E-state index is 0.406. The summed E-state index contributed by atoms with van der Waals surface area (Å²) in [6, 6.07) is 0.883. The van der Waals surface area contributed by atoms with Gasteiger partial charge in [-0.15, -0.1) is 0 Å². The van der Waals surface area contributed by atoms with Gasteiger partial charge in [0.15, 0.2) is 0 Å². The molecule has 1 heterocycles. The molecule has 2 nitrogen and oxygen atoms in total. The lowest BCUT2D eigenvalue weighted by Crippen LogP contribution is -2.63. The maximum atomic E-state index is 6.13. The zero-order valence-electron chi connectivity index (χ0n) is 11.3. The Labute approximate surface area is 106 Å². The lowest BCUT2D eigenvalue weighted by molar-refractivity contribution is -0.0346. The summed E-state index contributed by atoms with van der Waals surface area (Å²) in [5, 5.41) is 0. The third-order valence-electron chi connectivity index (χ3n) is 5.69. The Morgan fingerprint density at radius 2 is 1.82 bits per heavy atom. The van der Waals surface area contributed by atoms with Gasteiger partial charge in [0.2, 0.25) is 0 Å². The second kappa shape index (κ2) is 4.55. The van der Waals surface area contributed by atoms with Gasteiger partial charge in [0.25, 0.3) is 0 Å². The Morgan fingerprint density at radius 3 is 2.41 bits per heavy atom. The Morgan fingerprint density at radius 1 is 1.12 bits per heavy atom. The van der Waals surface area contributed by atoms with E-state index in [1.54, 1.807) is 0 Å².